The smallest absolute Gasteiger partial charge is 0.0186 e. The van der Waals surface area contributed by atoms with Crippen LogP contribution in [0.4, 0.5) is 0 Å². The van der Waals surface area contributed by atoms with E-state index >= 15 is 0 Å². The molecule has 0 aliphatic heterocycles. The lowest BCUT2D eigenvalue weighted by atomic mass is 9.90. The zero-order chi connectivity index (χ0) is 11.1. The van der Waals surface area contributed by atoms with Crippen LogP contribution >= 0.6 is 0 Å². The van der Waals surface area contributed by atoms with Crippen molar-refractivity contribution in [1.29, 1.82) is 0 Å². The van der Waals surface area contributed by atoms with E-state index < -0.39 is 0 Å². The summed E-state index contributed by atoms with van der Waals surface area (Å²) in [5, 5.41) is 0. The summed E-state index contributed by atoms with van der Waals surface area (Å²) in [6, 6.07) is 0. The maximum Gasteiger partial charge on any atom is 0.0186 e. The molecule has 0 aliphatic carbocycles. The first kappa shape index (κ1) is 13.7. The lowest BCUT2D eigenvalue weighted by molar-refractivity contribution is 0.436. The van der Waals surface area contributed by atoms with Crippen LogP contribution in [0.25, 0.3) is 0 Å². The molecule has 0 saturated heterocycles. The summed E-state index contributed by atoms with van der Waals surface area (Å²) < 4.78 is 0. The van der Waals surface area contributed by atoms with Gasteiger partial charge in [-0.05, 0) is 46.7 Å². The summed E-state index contributed by atoms with van der Waals surface area (Å²) in [6.07, 6.45) is 3.92. The number of rotatable bonds is 6. The third-order valence-electron chi connectivity index (χ3n) is 2.97. The fourth-order valence-electron chi connectivity index (χ4n) is 2.02. The molecule has 1 unspecified atom stereocenters. The molecule has 0 fully saturated rings. The maximum atomic E-state index is 2.31. The minimum Gasteiger partial charge on any atom is -0.305 e. The van der Waals surface area contributed by atoms with E-state index in [1.165, 1.54) is 19.3 Å². The molecule has 1 nitrogen and oxygen atoms in total. The lowest BCUT2D eigenvalue weighted by Gasteiger charge is -2.20. The first-order valence-corrected chi connectivity index (χ1v) is 5.83. The summed E-state index contributed by atoms with van der Waals surface area (Å²) in [6.45, 7) is 10.3. The SMILES string of the molecule is CCCC(CC)/C(C)=C(/C)CN(C)C. The summed E-state index contributed by atoms with van der Waals surface area (Å²) in [4.78, 5) is 2.25. The van der Waals surface area contributed by atoms with E-state index in [0.717, 1.165) is 12.5 Å². The molecule has 0 aromatic carbocycles. The molecule has 0 amide bonds. The normalized spacial score (nSPS) is 15.6. The molecule has 0 saturated carbocycles. The van der Waals surface area contributed by atoms with Crippen molar-refractivity contribution < 1.29 is 0 Å². The largest absolute Gasteiger partial charge is 0.305 e. The van der Waals surface area contributed by atoms with Gasteiger partial charge in [0.25, 0.3) is 0 Å². The van der Waals surface area contributed by atoms with Crippen molar-refractivity contribution in [3.05, 3.63) is 11.1 Å². The molecule has 14 heavy (non-hydrogen) atoms. The Labute approximate surface area is 90.2 Å². The second kappa shape index (κ2) is 7.05. The van der Waals surface area contributed by atoms with Crippen LogP contribution < -0.4 is 0 Å². The predicted octanol–water partition coefficient (Wildman–Crippen LogP) is 3.71. The van der Waals surface area contributed by atoms with E-state index in [9.17, 15) is 0 Å². The molecule has 84 valence electrons. The Morgan fingerprint density at radius 1 is 1.14 bits per heavy atom. The summed E-state index contributed by atoms with van der Waals surface area (Å²) >= 11 is 0. The molecule has 0 N–H and O–H groups in total. The fourth-order valence-corrected chi connectivity index (χ4v) is 2.02. The van der Waals surface area contributed by atoms with Crippen LogP contribution in [0.1, 0.15) is 47.0 Å². The Hall–Kier alpha value is -0.300. The van der Waals surface area contributed by atoms with Gasteiger partial charge in [0.1, 0.15) is 0 Å². The van der Waals surface area contributed by atoms with Crippen LogP contribution in [0.5, 0.6) is 0 Å². The van der Waals surface area contributed by atoms with Crippen LogP contribution in [0.3, 0.4) is 0 Å². The van der Waals surface area contributed by atoms with Crippen LogP contribution in [0, 0.1) is 5.92 Å². The third kappa shape index (κ3) is 4.80. The predicted molar refractivity (Wildman–Crippen MR) is 65.6 cm³/mol. The van der Waals surface area contributed by atoms with Crippen molar-refractivity contribution in [3.63, 3.8) is 0 Å². The summed E-state index contributed by atoms with van der Waals surface area (Å²) in [5.74, 6) is 0.806. The first-order chi connectivity index (χ1) is 6.52. The van der Waals surface area contributed by atoms with Crippen molar-refractivity contribution in [2.45, 2.75) is 47.0 Å². The van der Waals surface area contributed by atoms with Crippen molar-refractivity contribution in [2.75, 3.05) is 20.6 Å². The molecule has 0 aromatic rings. The van der Waals surface area contributed by atoms with E-state index in [4.69, 9.17) is 0 Å². The monoisotopic (exact) mass is 197 g/mol. The van der Waals surface area contributed by atoms with Gasteiger partial charge in [0.05, 0.1) is 0 Å². The van der Waals surface area contributed by atoms with Gasteiger partial charge in [-0.15, -0.1) is 0 Å². The average Bonchev–Trinajstić information content (AvgIpc) is 2.12. The molecule has 1 heteroatoms. The summed E-state index contributed by atoms with van der Waals surface area (Å²) in [7, 11) is 4.27. The molecule has 1 atom stereocenters. The van der Waals surface area contributed by atoms with Crippen LogP contribution in [-0.4, -0.2) is 25.5 Å². The second-order valence-corrected chi connectivity index (χ2v) is 4.59. The Balaban J connectivity index is 4.42. The molecule has 0 spiro atoms. The molecule has 0 heterocycles. The first-order valence-electron chi connectivity index (χ1n) is 5.83. The van der Waals surface area contributed by atoms with Gasteiger partial charge in [-0.1, -0.05) is 31.4 Å². The van der Waals surface area contributed by atoms with Crippen LogP contribution in [0.15, 0.2) is 11.1 Å². The van der Waals surface area contributed by atoms with Gasteiger partial charge >= 0.3 is 0 Å². The number of hydrogen-bond acceptors (Lipinski definition) is 1. The van der Waals surface area contributed by atoms with E-state index in [0.29, 0.717) is 0 Å². The highest BCUT2D eigenvalue weighted by Gasteiger charge is 2.10. The number of hydrogen-bond donors (Lipinski definition) is 0. The van der Waals surface area contributed by atoms with Gasteiger partial charge < -0.3 is 4.90 Å². The highest BCUT2D eigenvalue weighted by molar-refractivity contribution is 5.14. The van der Waals surface area contributed by atoms with Gasteiger partial charge in [-0.2, -0.15) is 0 Å². The van der Waals surface area contributed by atoms with Gasteiger partial charge in [0.15, 0.2) is 0 Å². The standard InChI is InChI=1S/C13H27N/c1-7-9-13(8-2)12(4)11(3)10-14(5)6/h13H,7-10H2,1-6H3/b12-11-. The molecule has 0 rings (SSSR count). The quantitative estimate of drug-likeness (QED) is 0.587. The Kier molecular flexibility index (Phi) is 6.90. The number of allylic oxidation sites excluding steroid dienone is 1. The van der Waals surface area contributed by atoms with Gasteiger partial charge in [-0.3, -0.25) is 0 Å². The Bertz CT molecular complexity index is 180. The van der Waals surface area contributed by atoms with E-state index in [-0.39, 0.29) is 0 Å². The molecule has 0 radical (unpaired) electrons. The molecular formula is C13H27N. The van der Waals surface area contributed by atoms with Crippen molar-refractivity contribution in [2.24, 2.45) is 5.92 Å². The molecule has 0 aliphatic rings. The number of nitrogens with zero attached hydrogens (tertiary/aromatic N) is 1. The highest BCUT2D eigenvalue weighted by atomic mass is 15.0. The molecule has 0 bridgehead atoms. The minimum absolute atomic E-state index is 0.806. The van der Waals surface area contributed by atoms with Crippen LogP contribution in [0.2, 0.25) is 0 Å². The zero-order valence-electron chi connectivity index (χ0n) is 10.9. The van der Waals surface area contributed by atoms with Crippen molar-refractivity contribution in [1.82, 2.24) is 4.90 Å². The van der Waals surface area contributed by atoms with Gasteiger partial charge in [0, 0.05) is 6.54 Å². The lowest BCUT2D eigenvalue weighted by Crippen LogP contribution is -2.16. The summed E-state index contributed by atoms with van der Waals surface area (Å²) in [5.41, 5.74) is 3.17. The van der Waals surface area contributed by atoms with Crippen LogP contribution in [-0.2, 0) is 0 Å². The van der Waals surface area contributed by atoms with Crippen molar-refractivity contribution >= 4 is 0 Å². The molecule has 0 aromatic heterocycles. The van der Waals surface area contributed by atoms with E-state index in [1.807, 2.05) is 0 Å². The van der Waals surface area contributed by atoms with Gasteiger partial charge in [-0.25, -0.2) is 0 Å². The van der Waals surface area contributed by atoms with E-state index in [2.05, 4.69) is 46.7 Å². The highest BCUT2D eigenvalue weighted by Crippen LogP contribution is 2.23. The van der Waals surface area contributed by atoms with Gasteiger partial charge in [0.2, 0.25) is 0 Å². The number of likely N-dealkylation sites (N-methyl/N-ethyl adjacent to an activating group) is 1. The fraction of sp³-hybridized carbons (Fsp3) is 0.846. The Morgan fingerprint density at radius 3 is 2.07 bits per heavy atom. The molecular weight excluding hydrogens is 170 g/mol. The topological polar surface area (TPSA) is 3.24 Å². The minimum atomic E-state index is 0.806. The van der Waals surface area contributed by atoms with Crippen molar-refractivity contribution in [3.8, 4) is 0 Å². The maximum absolute atomic E-state index is 2.31. The average molecular weight is 197 g/mol. The Morgan fingerprint density at radius 2 is 1.71 bits per heavy atom. The van der Waals surface area contributed by atoms with E-state index in [1.54, 1.807) is 11.1 Å². The zero-order valence-corrected chi connectivity index (χ0v) is 10.9. The third-order valence-corrected chi connectivity index (χ3v) is 2.97. The second-order valence-electron chi connectivity index (χ2n) is 4.59.